The zero-order chi connectivity index (χ0) is 25.6. The first-order valence-corrected chi connectivity index (χ1v) is 12.7. The van der Waals surface area contributed by atoms with Gasteiger partial charge in [-0.25, -0.2) is 9.97 Å². The number of hydrogen-bond donors (Lipinski definition) is 2. The summed E-state index contributed by atoms with van der Waals surface area (Å²) in [5.41, 5.74) is 3.43. The van der Waals surface area contributed by atoms with Crippen LogP contribution in [0.1, 0.15) is 70.8 Å². The van der Waals surface area contributed by atoms with Gasteiger partial charge in [-0.15, -0.1) is 0 Å². The van der Waals surface area contributed by atoms with Gasteiger partial charge in [0.05, 0.1) is 17.2 Å². The van der Waals surface area contributed by atoms with Gasteiger partial charge in [0.2, 0.25) is 5.88 Å². The molecule has 0 radical (unpaired) electrons. The summed E-state index contributed by atoms with van der Waals surface area (Å²) in [6.45, 7) is 0.628. The van der Waals surface area contributed by atoms with Crippen LogP contribution < -0.4 is 15.4 Å². The summed E-state index contributed by atoms with van der Waals surface area (Å²) in [4.78, 5) is 21.4. The Kier molecular flexibility index (Phi) is 7.39. The van der Waals surface area contributed by atoms with Crippen molar-refractivity contribution in [3.05, 3.63) is 88.9 Å². The molecule has 1 saturated carbocycles. The number of nitrogens with one attached hydrogen (secondary N) is 2. The van der Waals surface area contributed by atoms with Gasteiger partial charge < -0.3 is 15.4 Å². The van der Waals surface area contributed by atoms with Crippen LogP contribution in [-0.4, -0.2) is 40.6 Å². The first-order chi connectivity index (χ1) is 18.1. The molecule has 37 heavy (non-hydrogen) atoms. The Morgan fingerprint density at radius 3 is 2.41 bits per heavy atom. The molecule has 186 valence electrons. The number of carbonyl (C=O) groups is 1. The molecule has 2 aliphatic rings. The highest BCUT2D eigenvalue weighted by Crippen LogP contribution is 2.33. The van der Waals surface area contributed by atoms with Crippen LogP contribution >= 0.6 is 0 Å². The summed E-state index contributed by atoms with van der Waals surface area (Å²) in [7, 11) is 0. The third kappa shape index (κ3) is 5.77. The zero-order valence-electron chi connectivity index (χ0n) is 20.4. The number of aromatic nitrogens is 2. The van der Waals surface area contributed by atoms with E-state index in [-0.39, 0.29) is 35.7 Å². The Hall–Kier alpha value is -4.27. The number of nitrogens with zero attached hydrogens (tertiary/aromatic N) is 4. The fourth-order valence-corrected chi connectivity index (χ4v) is 5.24. The lowest BCUT2D eigenvalue weighted by atomic mass is 9.84. The molecule has 1 saturated heterocycles. The lowest BCUT2D eigenvalue weighted by Gasteiger charge is -2.25. The molecule has 5 rings (SSSR count). The van der Waals surface area contributed by atoms with E-state index in [9.17, 15) is 10.1 Å². The monoisotopic (exact) mass is 492 g/mol. The van der Waals surface area contributed by atoms with Crippen molar-refractivity contribution in [3.63, 3.8) is 0 Å². The van der Waals surface area contributed by atoms with Gasteiger partial charge in [-0.2, -0.15) is 10.5 Å². The number of amides is 1. The van der Waals surface area contributed by atoms with Gasteiger partial charge >= 0.3 is 0 Å². The second kappa shape index (κ2) is 11.2. The topological polar surface area (TPSA) is 124 Å². The van der Waals surface area contributed by atoms with Crippen molar-refractivity contribution in [3.8, 4) is 18.0 Å². The summed E-state index contributed by atoms with van der Waals surface area (Å²) < 4.78 is 6.06. The van der Waals surface area contributed by atoms with Crippen LogP contribution in [0.15, 0.2) is 60.9 Å². The molecule has 8 nitrogen and oxygen atoms in total. The second-order valence-electron chi connectivity index (χ2n) is 9.63. The zero-order valence-corrected chi connectivity index (χ0v) is 20.4. The molecule has 0 bridgehead atoms. The molecule has 0 spiro atoms. The van der Waals surface area contributed by atoms with Gasteiger partial charge in [0.15, 0.2) is 0 Å². The molecule has 1 aliphatic carbocycles. The minimum Gasteiger partial charge on any atom is -0.474 e. The van der Waals surface area contributed by atoms with E-state index in [0.29, 0.717) is 23.6 Å². The normalized spacial score (nSPS) is 20.1. The molecule has 2 fully saturated rings. The minimum atomic E-state index is -0.213. The Balaban J connectivity index is 1.32. The SMILES string of the molecule is N#Cc1ccc(C(c2ccc(OC3CCCC3)nc2)C2CC(NC(=O)c3ccc(C#N)nc3)CN2)cc1. The smallest absolute Gasteiger partial charge is 0.253 e. The fraction of sp³-hybridized carbons (Fsp3) is 0.345. The second-order valence-corrected chi connectivity index (χ2v) is 9.63. The average Bonchev–Trinajstić information content (AvgIpc) is 3.63. The number of hydrogen-bond acceptors (Lipinski definition) is 7. The van der Waals surface area contributed by atoms with E-state index in [2.05, 4.69) is 32.7 Å². The Labute approximate surface area is 216 Å². The number of pyridine rings is 2. The molecule has 2 aromatic heterocycles. The Bertz CT molecular complexity index is 1300. The van der Waals surface area contributed by atoms with Crippen LogP contribution in [0.2, 0.25) is 0 Å². The molecular weight excluding hydrogens is 464 g/mol. The maximum Gasteiger partial charge on any atom is 0.253 e. The molecule has 3 atom stereocenters. The molecule has 1 amide bonds. The van der Waals surface area contributed by atoms with E-state index in [1.54, 1.807) is 12.1 Å². The van der Waals surface area contributed by atoms with Gasteiger partial charge in [0.1, 0.15) is 17.9 Å². The molecule has 8 heteroatoms. The number of nitriles is 2. The van der Waals surface area contributed by atoms with Crippen molar-refractivity contribution in [2.75, 3.05) is 6.54 Å². The summed E-state index contributed by atoms with van der Waals surface area (Å²) >= 11 is 0. The summed E-state index contributed by atoms with van der Waals surface area (Å²) in [5, 5.41) is 24.8. The molecule has 3 heterocycles. The van der Waals surface area contributed by atoms with E-state index >= 15 is 0 Å². The van der Waals surface area contributed by atoms with Crippen LogP contribution in [0.5, 0.6) is 5.88 Å². The first kappa shape index (κ1) is 24.4. The highest BCUT2D eigenvalue weighted by atomic mass is 16.5. The standard InChI is InChI=1S/C29H28N6O2/c30-14-19-5-7-20(8-6-19)28(21-10-12-27(34-16-21)37-25-3-1-2-4-25)26-13-24(18-33-26)35-29(36)22-9-11-23(15-31)32-17-22/h5-12,16-17,24-26,28,33H,1-4,13,18H2,(H,35,36). The van der Waals surface area contributed by atoms with Crippen molar-refractivity contribution in [2.45, 2.75) is 56.2 Å². The number of ether oxygens (including phenoxy) is 1. The lowest BCUT2D eigenvalue weighted by Crippen LogP contribution is -2.36. The van der Waals surface area contributed by atoms with Crippen molar-refractivity contribution < 1.29 is 9.53 Å². The van der Waals surface area contributed by atoms with Crippen LogP contribution in [0, 0.1) is 22.7 Å². The summed E-state index contributed by atoms with van der Waals surface area (Å²) in [6.07, 6.45) is 8.84. The quantitative estimate of drug-likeness (QED) is 0.514. The highest BCUT2D eigenvalue weighted by Gasteiger charge is 2.33. The van der Waals surface area contributed by atoms with Crippen LogP contribution in [0.4, 0.5) is 0 Å². The van der Waals surface area contributed by atoms with Gasteiger partial charge in [-0.05, 0) is 67.5 Å². The maximum atomic E-state index is 12.8. The molecule has 2 N–H and O–H groups in total. The van der Waals surface area contributed by atoms with Gasteiger partial charge in [-0.3, -0.25) is 4.79 Å². The maximum absolute atomic E-state index is 12.8. The molecule has 1 aliphatic heterocycles. The third-order valence-corrected chi connectivity index (χ3v) is 7.15. The average molecular weight is 493 g/mol. The van der Waals surface area contributed by atoms with Crippen molar-refractivity contribution in [2.24, 2.45) is 0 Å². The summed E-state index contributed by atoms with van der Waals surface area (Å²) in [5.74, 6) is 0.420. The predicted molar refractivity (Wildman–Crippen MR) is 137 cm³/mol. The molecule has 3 unspecified atom stereocenters. The molecular formula is C29H28N6O2. The Morgan fingerprint density at radius 2 is 1.76 bits per heavy atom. The molecule has 1 aromatic carbocycles. The van der Waals surface area contributed by atoms with E-state index in [1.807, 2.05) is 42.6 Å². The van der Waals surface area contributed by atoms with Crippen molar-refractivity contribution >= 4 is 5.91 Å². The van der Waals surface area contributed by atoms with Crippen molar-refractivity contribution in [1.82, 2.24) is 20.6 Å². The van der Waals surface area contributed by atoms with E-state index < -0.39 is 0 Å². The van der Waals surface area contributed by atoms with Gasteiger partial charge in [0, 0.05) is 43.0 Å². The number of carbonyl (C=O) groups excluding carboxylic acids is 1. The lowest BCUT2D eigenvalue weighted by molar-refractivity contribution is 0.0939. The number of rotatable bonds is 7. The van der Waals surface area contributed by atoms with Gasteiger partial charge in [0.25, 0.3) is 5.91 Å². The van der Waals surface area contributed by atoms with Crippen LogP contribution in [0.3, 0.4) is 0 Å². The van der Waals surface area contributed by atoms with Crippen molar-refractivity contribution in [1.29, 1.82) is 10.5 Å². The highest BCUT2D eigenvalue weighted by molar-refractivity contribution is 5.94. The largest absolute Gasteiger partial charge is 0.474 e. The van der Waals surface area contributed by atoms with E-state index in [4.69, 9.17) is 10.00 Å². The summed E-state index contributed by atoms with van der Waals surface area (Å²) in [6, 6.07) is 18.9. The van der Waals surface area contributed by atoms with E-state index in [0.717, 1.165) is 30.4 Å². The van der Waals surface area contributed by atoms with Gasteiger partial charge in [-0.1, -0.05) is 18.2 Å². The third-order valence-electron chi connectivity index (χ3n) is 7.15. The number of benzene rings is 1. The minimum absolute atomic E-state index is 0.0146. The first-order valence-electron chi connectivity index (χ1n) is 12.7. The van der Waals surface area contributed by atoms with Crippen LogP contribution in [0.25, 0.3) is 0 Å². The van der Waals surface area contributed by atoms with Crippen LogP contribution in [-0.2, 0) is 0 Å². The fourth-order valence-electron chi connectivity index (χ4n) is 5.24. The molecule has 3 aromatic rings. The Morgan fingerprint density at radius 1 is 0.973 bits per heavy atom. The van der Waals surface area contributed by atoms with E-state index in [1.165, 1.54) is 19.0 Å². The predicted octanol–water partition coefficient (Wildman–Crippen LogP) is 3.83.